The summed E-state index contributed by atoms with van der Waals surface area (Å²) in [4.78, 5) is 0. The largest absolute Gasteiger partial charge is 0.396 e. The third kappa shape index (κ3) is 4.25. The minimum atomic E-state index is -1.65. The quantitative estimate of drug-likeness (QED) is 0.197. The lowest BCUT2D eigenvalue weighted by molar-refractivity contribution is -0.341. The number of hydrogen-bond donors (Lipinski definition) is 9. The zero-order valence-corrected chi connectivity index (χ0v) is 16.6. The van der Waals surface area contributed by atoms with Gasteiger partial charge in [0.1, 0.15) is 42.7 Å². The summed E-state index contributed by atoms with van der Waals surface area (Å²) >= 11 is 0. The fraction of sp³-hybridized carbons (Fsp3) is 1.00. The number of aliphatic hydroxyl groups is 8. The summed E-state index contributed by atoms with van der Waals surface area (Å²) in [6.45, 7) is 0.473. The van der Waals surface area contributed by atoms with Crippen molar-refractivity contribution in [3.63, 3.8) is 0 Å². The van der Waals surface area contributed by atoms with Crippen LogP contribution in [0.15, 0.2) is 0 Å². The second-order valence-electron chi connectivity index (χ2n) is 8.48. The van der Waals surface area contributed by atoms with Gasteiger partial charge in [0, 0.05) is 24.5 Å². The molecule has 0 bridgehead atoms. The third-order valence-corrected chi connectivity index (χ3v) is 6.59. The predicted octanol–water partition coefficient (Wildman–Crippen LogP) is -5.00. The molecule has 3 rings (SSSR count). The van der Waals surface area contributed by atoms with Crippen molar-refractivity contribution in [3.8, 4) is 0 Å². The zero-order chi connectivity index (χ0) is 22.3. The van der Waals surface area contributed by atoms with E-state index in [1.165, 1.54) is 6.92 Å². The molecule has 12 heteroatoms. The van der Waals surface area contributed by atoms with Crippen LogP contribution >= 0.6 is 0 Å². The van der Waals surface area contributed by atoms with E-state index in [9.17, 15) is 40.9 Å². The first-order valence-corrected chi connectivity index (χ1v) is 10.1. The fourth-order valence-corrected chi connectivity index (χ4v) is 4.78. The van der Waals surface area contributed by atoms with Crippen LogP contribution in [0.25, 0.3) is 0 Å². The topological polar surface area (TPSA) is 216 Å². The van der Waals surface area contributed by atoms with Gasteiger partial charge in [-0.3, -0.25) is 0 Å². The first-order valence-electron chi connectivity index (χ1n) is 10.1. The maximum Gasteiger partial charge on any atom is 0.187 e. The minimum Gasteiger partial charge on any atom is -0.396 e. The molecule has 1 unspecified atom stereocenters. The van der Waals surface area contributed by atoms with Crippen molar-refractivity contribution in [2.24, 2.45) is 17.6 Å². The first-order chi connectivity index (χ1) is 14.1. The maximum absolute atomic E-state index is 10.7. The molecule has 30 heavy (non-hydrogen) atoms. The molecule has 0 aromatic carbocycles. The monoisotopic (exact) mass is 439 g/mol. The lowest BCUT2D eigenvalue weighted by Crippen LogP contribution is -2.65. The number of aliphatic hydroxyl groups excluding tert-OH is 8. The van der Waals surface area contributed by atoms with E-state index in [-0.39, 0.29) is 13.0 Å². The number of rotatable bonds is 5. The van der Waals surface area contributed by atoms with Crippen molar-refractivity contribution in [1.82, 2.24) is 0 Å². The zero-order valence-electron chi connectivity index (χ0n) is 16.6. The second kappa shape index (κ2) is 9.57. The van der Waals surface area contributed by atoms with Crippen LogP contribution in [0.2, 0.25) is 0 Å². The predicted molar refractivity (Wildman–Crippen MR) is 97.7 cm³/mol. The van der Waals surface area contributed by atoms with E-state index in [0.717, 1.165) is 0 Å². The number of hydrogen-bond acceptors (Lipinski definition) is 12. The fourth-order valence-electron chi connectivity index (χ4n) is 4.78. The summed E-state index contributed by atoms with van der Waals surface area (Å²) < 4.78 is 16.7. The van der Waals surface area contributed by atoms with E-state index in [2.05, 4.69) is 0 Å². The van der Waals surface area contributed by atoms with E-state index < -0.39 is 91.8 Å². The molecule has 0 aromatic rings. The van der Waals surface area contributed by atoms with Gasteiger partial charge < -0.3 is 60.8 Å². The molecule has 176 valence electrons. The molecule has 14 atom stereocenters. The van der Waals surface area contributed by atoms with E-state index in [4.69, 9.17) is 19.9 Å². The molecule has 0 aromatic heterocycles. The Balaban J connectivity index is 1.76. The van der Waals surface area contributed by atoms with Crippen LogP contribution in [-0.4, -0.2) is 127 Å². The van der Waals surface area contributed by atoms with Gasteiger partial charge in [0.25, 0.3) is 0 Å². The Morgan fingerprint density at radius 2 is 1.53 bits per heavy atom. The van der Waals surface area contributed by atoms with Gasteiger partial charge in [-0.2, -0.15) is 0 Å². The van der Waals surface area contributed by atoms with E-state index in [0.29, 0.717) is 0 Å². The molecule has 3 fully saturated rings. The molecule has 0 spiro atoms. The molecule has 2 aliphatic heterocycles. The Hall–Kier alpha value is -0.480. The molecule has 2 saturated heterocycles. The Labute approximate surface area is 173 Å². The molecule has 0 radical (unpaired) electrons. The van der Waals surface area contributed by atoms with Crippen LogP contribution in [-0.2, 0) is 14.2 Å². The van der Waals surface area contributed by atoms with Gasteiger partial charge in [-0.25, -0.2) is 0 Å². The van der Waals surface area contributed by atoms with Crippen molar-refractivity contribution >= 4 is 0 Å². The summed E-state index contributed by atoms with van der Waals surface area (Å²) in [6.07, 6.45) is -14.6. The lowest BCUT2D eigenvalue weighted by atomic mass is 9.81. The van der Waals surface area contributed by atoms with Gasteiger partial charge in [0.05, 0.1) is 24.9 Å². The van der Waals surface area contributed by atoms with E-state index in [1.54, 1.807) is 0 Å². The lowest BCUT2D eigenvalue weighted by Gasteiger charge is -2.48. The van der Waals surface area contributed by atoms with Crippen LogP contribution < -0.4 is 5.73 Å². The van der Waals surface area contributed by atoms with Crippen molar-refractivity contribution in [2.75, 3.05) is 13.2 Å². The molecule has 3 aliphatic rings. The van der Waals surface area contributed by atoms with Gasteiger partial charge in [-0.15, -0.1) is 0 Å². The highest BCUT2D eigenvalue weighted by Crippen LogP contribution is 2.40. The van der Waals surface area contributed by atoms with Crippen LogP contribution in [0.1, 0.15) is 13.3 Å². The van der Waals surface area contributed by atoms with Crippen LogP contribution in [0.5, 0.6) is 0 Å². The molecule has 10 N–H and O–H groups in total. The molecular weight excluding hydrogens is 406 g/mol. The standard InChI is InChI=1S/C18H33NO11/c1-5-11(23)12(24)15(27)18(28-5)30-16-9(4-21)29-17(14(26)13(16)25)10-6(3-20)7(19)2-8(10)22/h5-18,20-27H,2-4,19H2,1H3/t5-,6+,7+,8-,9-,10?,11-,12+,13-,14-,15-,16-,17-,18+/m1/s1. The molecule has 0 amide bonds. The Bertz CT molecular complexity index is 568. The molecule has 1 aliphatic carbocycles. The summed E-state index contributed by atoms with van der Waals surface area (Å²) in [5.74, 6) is -1.36. The summed E-state index contributed by atoms with van der Waals surface area (Å²) in [5.41, 5.74) is 5.95. The highest BCUT2D eigenvalue weighted by molar-refractivity contribution is 5.04. The van der Waals surface area contributed by atoms with Crippen molar-refractivity contribution in [3.05, 3.63) is 0 Å². The Morgan fingerprint density at radius 3 is 2.13 bits per heavy atom. The Morgan fingerprint density at radius 1 is 0.867 bits per heavy atom. The smallest absolute Gasteiger partial charge is 0.187 e. The van der Waals surface area contributed by atoms with Crippen molar-refractivity contribution < 1.29 is 55.1 Å². The average molecular weight is 439 g/mol. The second-order valence-corrected chi connectivity index (χ2v) is 8.48. The highest BCUT2D eigenvalue weighted by atomic mass is 16.7. The third-order valence-electron chi connectivity index (χ3n) is 6.59. The number of nitrogens with two attached hydrogens (primary N) is 1. The van der Waals surface area contributed by atoms with Gasteiger partial charge in [0.2, 0.25) is 0 Å². The van der Waals surface area contributed by atoms with Crippen molar-refractivity contribution in [1.29, 1.82) is 0 Å². The summed E-state index contributed by atoms with van der Waals surface area (Å²) in [5, 5.41) is 81.0. The first kappa shape index (κ1) is 24.2. The van der Waals surface area contributed by atoms with E-state index >= 15 is 0 Å². The molecule has 2 heterocycles. The normalized spacial score (nSPS) is 55.0. The molecular formula is C18H33NO11. The number of ether oxygens (including phenoxy) is 3. The SMILES string of the molecule is C[C@H]1O[C@@H](O[C@H]2[C@H](O)[C@@H](O)[C@@H](C3[C@H](O)C[C@H](N)[C@@H]3CO)O[C@@H]2CO)[C@H](O)[C@@H](O)[C@@H]1O. The molecule has 1 saturated carbocycles. The van der Waals surface area contributed by atoms with Gasteiger partial charge in [-0.1, -0.05) is 0 Å². The highest BCUT2D eigenvalue weighted by Gasteiger charge is 2.55. The maximum atomic E-state index is 10.7. The Kier molecular flexibility index (Phi) is 7.71. The summed E-state index contributed by atoms with van der Waals surface area (Å²) in [6, 6.07) is -0.523. The minimum absolute atomic E-state index is 0.183. The van der Waals surface area contributed by atoms with Crippen LogP contribution in [0, 0.1) is 11.8 Å². The summed E-state index contributed by atoms with van der Waals surface area (Å²) in [7, 11) is 0. The van der Waals surface area contributed by atoms with Gasteiger partial charge in [-0.05, 0) is 13.3 Å². The van der Waals surface area contributed by atoms with Gasteiger partial charge in [0.15, 0.2) is 6.29 Å². The van der Waals surface area contributed by atoms with Crippen molar-refractivity contribution in [2.45, 2.75) is 86.7 Å². The van der Waals surface area contributed by atoms with Crippen LogP contribution in [0.4, 0.5) is 0 Å². The van der Waals surface area contributed by atoms with Crippen LogP contribution in [0.3, 0.4) is 0 Å². The van der Waals surface area contributed by atoms with E-state index in [1.807, 2.05) is 0 Å². The van der Waals surface area contributed by atoms with Gasteiger partial charge >= 0.3 is 0 Å². The molecule has 12 nitrogen and oxygen atoms in total. The average Bonchev–Trinajstić information content (AvgIpc) is 3.00.